The number of carbonyl (C=O) groups excluding carboxylic acids is 1. The number of carbonyl (C=O) groups is 1. The molecule has 0 atom stereocenters. The van der Waals surface area contributed by atoms with E-state index in [2.05, 4.69) is 17.4 Å². The second kappa shape index (κ2) is 5.78. The minimum absolute atomic E-state index is 0.0314. The van der Waals surface area contributed by atoms with E-state index in [-0.39, 0.29) is 12.2 Å². The largest absolute Gasteiger partial charge is 0.446 e. The molecule has 1 aliphatic carbocycles. The predicted molar refractivity (Wildman–Crippen MR) is 78.8 cm³/mol. The molecule has 2 aromatic carbocycles. The molecule has 3 nitrogen and oxygen atoms in total. The summed E-state index contributed by atoms with van der Waals surface area (Å²) >= 11 is 0. The van der Waals surface area contributed by atoms with E-state index in [1.54, 1.807) is 0 Å². The van der Waals surface area contributed by atoms with Crippen LogP contribution in [0.5, 0.6) is 0 Å². The molecule has 0 bridgehead atoms. The zero-order valence-corrected chi connectivity index (χ0v) is 11.2. The lowest BCUT2D eigenvalue weighted by molar-refractivity contribution is 0.0484. The molecule has 1 N–H and O–H groups in total. The Morgan fingerprint density at radius 1 is 0.950 bits per heavy atom. The zero-order valence-electron chi connectivity index (χ0n) is 11.2. The Morgan fingerprint density at radius 2 is 1.55 bits per heavy atom. The van der Waals surface area contributed by atoms with Gasteiger partial charge in [0, 0.05) is 5.69 Å². The summed E-state index contributed by atoms with van der Waals surface area (Å²) in [5.41, 5.74) is 2.09. The highest BCUT2D eigenvalue weighted by molar-refractivity contribution is 5.84. The van der Waals surface area contributed by atoms with Crippen molar-refractivity contribution in [1.29, 1.82) is 0 Å². The molecule has 0 unspecified atom stereocenters. The van der Waals surface area contributed by atoms with E-state index in [0.717, 1.165) is 18.5 Å². The molecule has 1 saturated carbocycles. The number of nitrogens with one attached hydrogen (secondary N) is 1. The van der Waals surface area contributed by atoms with Crippen LogP contribution in [-0.4, -0.2) is 12.2 Å². The van der Waals surface area contributed by atoms with E-state index in [1.807, 2.05) is 48.5 Å². The molecule has 0 saturated heterocycles. The van der Waals surface area contributed by atoms with Gasteiger partial charge in [0.25, 0.3) is 0 Å². The van der Waals surface area contributed by atoms with Crippen LogP contribution in [0.4, 0.5) is 10.5 Å². The van der Waals surface area contributed by atoms with Crippen LogP contribution in [0.2, 0.25) is 0 Å². The molecule has 1 fully saturated rings. The second-order valence-electron chi connectivity index (χ2n) is 5.10. The molecule has 0 heterocycles. The van der Waals surface area contributed by atoms with Gasteiger partial charge in [0.2, 0.25) is 0 Å². The summed E-state index contributed by atoms with van der Waals surface area (Å²) in [6.07, 6.45) is 1.48. The standard InChI is InChI=1S/C17H17NO2/c19-17(18-15-9-5-2-6-10-15)20-16-11-14(12-16)13-7-3-1-4-8-13/h1-10,14,16H,11-12H2,(H,18,19). The molecular weight excluding hydrogens is 250 g/mol. The van der Waals surface area contributed by atoms with Gasteiger partial charge in [-0.1, -0.05) is 48.5 Å². The molecule has 0 aromatic heterocycles. The highest BCUT2D eigenvalue weighted by atomic mass is 16.6. The Hall–Kier alpha value is -2.29. The van der Waals surface area contributed by atoms with Crippen molar-refractivity contribution in [3.8, 4) is 0 Å². The van der Waals surface area contributed by atoms with Crippen molar-refractivity contribution in [3.63, 3.8) is 0 Å². The number of para-hydroxylation sites is 1. The van der Waals surface area contributed by atoms with Crippen LogP contribution in [-0.2, 0) is 4.74 Å². The summed E-state index contributed by atoms with van der Waals surface area (Å²) in [4.78, 5) is 11.7. The molecule has 3 rings (SSSR count). The minimum Gasteiger partial charge on any atom is -0.446 e. The first-order valence-corrected chi connectivity index (χ1v) is 6.89. The number of rotatable bonds is 3. The van der Waals surface area contributed by atoms with Crippen molar-refractivity contribution in [2.75, 3.05) is 5.32 Å². The first-order chi connectivity index (χ1) is 9.81. The van der Waals surface area contributed by atoms with E-state index < -0.39 is 0 Å². The molecule has 1 aliphatic rings. The summed E-state index contributed by atoms with van der Waals surface area (Å²) in [6, 6.07) is 19.7. The number of anilines is 1. The van der Waals surface area contributed by atoms with Gasteiger partial charge in [-0.05, 0) is 36.5 Å². The van der Waals surface area contributed by atoms with Gasteiger partial charge in [0.1, 0.15) is 6.10 Å². The third kappa shape index (κ3) is 2.99. The van der Waals surface area contributed by atoms with Crippen LogP contribution in [0.25, 0.3) is 0 Å². The maximum Gasteiger partial charge on any atom is 0.411 e. The summed E-state index contributed by atoms with van der Waals surface area (Å²) in [5.74, 6) is 0.519. The third-order valence-corrected chi connectivity index (χ3v) is 3.66. The van der Waals surface area contributed by atoms with Crippen LogP contribution in [0, 0.1) is 0 Å². The molecule has 0 aliphatic heterocycles. The monoisotopic (exact) mass is 267 g/mol. The number of hydrogen-bond acceptors (Lipinski definition) is 2. The van der Waals surface area contributed by atoms with E-state index in [1.165, 1.54) is 5.56 Å². The molecule has 0 spiro atoms. The Labute approximate surface area is 118 Å². The smallest absolute Gasteiger partial charge is 0.411 e. The fourth-order valence-corrected chi connectivity index (χ4v) is 2.48. The van der Waals surface area contributed by atoms with Crippen LogP contribution in [0.3, 0.4) is 0 Å². The zero-order chi connectivity index (χ0) is 13.8. The number of hydrogen-bond donors (Lipinski definition) is 1. The van der Waals surface area contributed by atoms with Crippen LogP contribution < -0.4 is 5.32 Å². The topological polar surface area (TPSA) is 38.3 Å². The predicted octanol–water partition coefficient (Wildman–Crippen LogP) is 4.18. The lowest BCUT2D eigenvalue weighted by atomic mass is 9.77. The van der Waals surface area contributed by atoms with Gasteiger partial charge < -0.3 is 4.74 Å². The molecule has 1 amide bonds. The lowest BCUT2D eigenvalue weighted by Gasteiger charge is -2.34. The summed E-state index contributed by atoms with van der Waals surface area (Å²) in [5, 5.41) is 2.73. The van der Waals surface area contributed by atoms with Crippen LogP contribution in [0.15, 0.2) is 60.7 Å². The van der Waals surface area contributed by atoms with E-state index in [9.17, 15) is 4.79 Å². The van der Waals surface area contributed by atoms with E-state index in [4.69, 9.17) is 4.74 Å². The van der Waals surface area contributed by atoms with Gasteiger partial charge in [-0.3, -0.25) is 5.32 Å². The summed E-state index contributed by atoms with van der Waals surface area (Å²) in [6.45, 7) is 0. The van der Waals surface area contributed by atoms with E-state index >= 15 is 0 Å². The van der Waals surface area contributed by atoms with Crippen molar-refractivity contribution >= 4 is 11.8 Å². The highest BCUT2D eigenvalue weighted by Crippen LogP contribution is 2.38. The van der Waals surface area contributed by atoms with Crippen LogP contribution >= 0.6 is 0 Å². The van der Waals surface area contributed by atoms with Gasteiger partial charge in [-0.25, -0.2) is 4.79 Å². The molecule has 102 valence electrons. The fourth-order valence-electron chi connectivity index (χ4n) is 2.48. The van der Waals surface area contributed by atoms with Crippen molar-refractivity contribution in [2.24, 2.45) is 0 Å². The average molecular weight is 267 g/mol. The Morgan fingerprint density at radius 3 is 2.20 bits per heavy atom. The maximum atomic E-state index is 11.7. The van der Waals surface area contributed by atoms with Gasteiger partial charge in [0.15, 0.2) is 0 Å². The molecule has 0 radical (unpaired) electrons. The van der Waals surface area contributed by atoms with Crippen molar-refractivity contribution in [2.45, 2.75) is 24.9 Å². The normalized spacial score (nSPS) is 20.8. The third-order valence-electron chi connectivity index (χ3n) is 3.66. The first-order valence-electron chi connectivity index (χ1n) is 6.89. The SMILES string of the molecule is O=C(Nc1ccccc1)OC1CC(c2ccccc2)C1. The first kappa shape index (κ1) is 12.7. The average Bonchev–Trinajstić information content (AvgIpc) is 2.44. The number of amides is 1. The van der Waals surface area contributed by atoms with Gasteiger partial charge in [-0.2, -0.15) is 0 Å². The van der Waals surface area contributed by atoms with Crippen molar-refractivity contribution < 1.29 is 9.53 Å². The number of ether oxygens (including phenoxy) is 1. The Bertz CT molecular complexity index is 562. The fraction of sp³-hybridized carbons (Fsp3) is 0.235. The van der Waals surface area contributed by atoms with Gasteiger partial charge in [-0.15, -0.1) is 0 Å². The molecular formula is C17H17NO2. The summed E-state index contributed by atoms with van der Waals surface area (Å²) in [7, 11) is 0. The molecule has 20 heavy (non-hydrogen) atoms. The summed E-state index contributed by atoms with van der Waals surface area (Å²) < 4.78 is 5.39. The van der Waals surface area contributed by atoms with Crippen molar-refractivity contribution in [1.82, 2.24) is 0 Å². The minimum atomic E-state index is -0.368. The maximum absolute atomic E-state index is 11.7. The Balaban J connectivity index is 1.46. The molecule has 2 aromatic rings. The Kier molecular flexibility index (Phi) is 3.68. The lowest BCUT2D eigenvalue weighted by Crippen LogP contribution is -2.33. The van der Waals surface area contributed by atoms with E-state index in [0.29, 0.717) is 5.92 Å². The second-order valence-corrected chi connectivity index (χ2v) is 5.10. The quantitative estimate of drug-likeness (QED) is 0.905. The highest BCUT2D eigenvalue weighted by Gasteiger charge is 2.33. The van der Waals surface area contributed by atoms with Crippen LogP contribution in [0.1, 0.15) is 24.3 Å². The molecule has 3 heteroatoms. The van der Waals surface area contributed by atoms with Gasteiger partial charge >= 0.3 is 6.09 Å². The van der Waals surface area contributed by atoms with Gasteiger partial charge in [0.05, 0.1) is 0 Å². The number of benzene rings is 2. The van der Waals surface area contributed by atoms with Crippen molar-refractivity contribution in [3.05, 3.63) is 66.2 Å².